The SMILES string of the molecule is COc1cccc(NC(=O)C[C@H](c2cc(OC)c3c(c2OC)OCO3)c2c(O)cc(C)oc2=O)c1. The quantitative estimate of drug-likeness (QED) is 0.494. The second kappa shape index (κ2) is 9.88. The Morgan fingerprint density at radius 3 is 2.54 bits per heavy atom. The van der Waals surface area contributed by atoms with E-state index >= 15 is 0 Å². The summed E-state index contributed by atoms with van der Waals surface area (Å²) >= 11 is 0. The molecule has 0 saturated carbocycles. The molecule has 1 aromatic heterocycles. The number of ether oxygens (including phenoxy) is 5. The van der Waals surface area contributed by atoms with Crippen LogP contribution in [0.2, 0.25) is 0 Å². The molecule has 1 amide bonds. The number of anilines is 1. The van der Waals surface area contributed by atoms with Crippen molar-refractivity contribution in [3.05, 3.63) is 63.7 Å². The molecule has 0 bridgehead atoms. The number of rotatable bonds is 8. The molecular weight excluding hydrogens is 458 g/mol. The van der Waals surface area contributed by atoms with Gasteiger partial charge in [-0.25, -0.2) is 4.79 Å². The van der Waals surface area contributed by atoms with Crippen LogP contribution in [0.1, 0.15) is 29.2 Å². The Labute approximate surface area is 200 Å². The minimum absolute atomic E-state index is 0.0512. The van der Waals surface area contributed by atoms with Crippen LogP contribution in [0.15, 0.2) is 45.6 Å². The number of aromatic hydroxyl groups is 1. The zero-order valence-corrected chi connectivity index (χ0v) is 19.7. The van der Waals surface area contributed by atoms with E-state index in [9.17, 15) is 14.7 Å². The molecule has 1 atom stereocenters. The standard InChI is InChI=1S/C25H25NO9/c1-13-8-18(27)21(25(29)35-13)16(11-20(28)26-14-6-5-7-15(9-14)30-2)17-10-19(31-3)23-24(22(17)32-4)34-12-33-23/h5-10,16,27H,11-12H2,1-4H3,(H,26,28)/t16-/m1/s1. The smallest absolute Gasteiger partial charge is 0.343 e. The number of carbonyl (C=O) groups excluding carboxylic acids is 1. The van der Waals surface area contributed by atoms with Crippen molar-refractivity contribution in [2.24, 2.45) is 0 Å². The monoisotopic (exact) mass is 483 g/mol. The van der Waals surface area contributed by atoms with Crippen LogP contribution in [0.25, 0.3) is 0 Å². The van der Waals surface area contributed by atoms with Gasteiger partial charge in [-0.05, 0) is 25.1 Å². The third-order valence-corrected chi connectivity index (χ3v) is 5.57. The van der Waals surface area contributed by atoms with Crippen molar-refractivity contribution in [1.29, 1.82) is 0 Å². The minimum atomic E-state index is -0.976. The van der Waals surface area contributed by atoms with E-state index in [-0.39, 0.29) is 41.8 Å². The second-order valence-corrected chi connectivity index (χ2v) is 7.75. The lowest BCUT2D eigenvalue weighted by atomic mass is 9.87. The number of nitrogens with one attached hydrogen (secondary N) is 1. The van der Waals surface area contributed by atoms with Crippen molar-refractivity contribution in [1.82, 2.24) is 0 Å². The summed E-state index contributed by atoms with van der Waals surface area (Å²) in [4.78, 5) is 26.0. The summed E-state index contributed by atoms with van der Waals surface area (Å²) in [5, 5.41) is 13.5. The van der Waals surface area contributed by atoms with Gasteiger partial charge in [0.05, 0.1) is 26.9 Å². The van der Waals surface area contributed by atoms with E-state index in [4.69, 9.17) is 28.1 Å². The summed E-state index contributed by atoms with van der Waals surface area (Å²) in [5.41, 5.74) is 0.000294. The lowest BCUT2D eigenvalue weighted by Gasteiger charge is -2.22. The fourth-order valence-electron chi connectivity index (χ4n) is 4.05. The van der Waals surface area contributed by atoms with Crippen LogP contribution < -0.4 is 34.6 Å². The maximum atomic E-state index is 13.2. The Morgan fingerprint density at radius 1 is 1.09 bits per heavy atom. The number of methoxy groups -OCH3 is 3. The molecule has 2 heterocycles. The van der Waals surface area contributed by atoms with Crippen LogP contribution in [0, 0.1) is 6.92 Å². The average molecular weight is 483 g/mol. The lowest BCUT2D eigenvalue weighted by Crippen LogP contribution is -2.21. The van der Waals surface area contributed by atoms with Gasteiger partial charge in [0.15, 0.2) is 11.5 Å². The van der Waals surface area contributed by atoms with Gasteiger partial charge in [-0.2, -0.15) is 0 Å². The highest BCUT2D eigenvalue weighted by molar-refractivity contribution is 5.92. The van der Waals surface area contributed by atoms with Gasteiger partial charge in [-0.3, -0.25) is 4.79 Å². The molecular formula is C25H25NO9. The molecule has 0 unspecified atom stereocenters. The zero-order valence-electron chi connectivity index (χ0n) is 19.7. The first-order valence-corrected chi connectivity index (χ1v) is 10.7. The number of amides is 1. The highest BCUT2D eigenvalue weighted by atomic mass is 16.7. The summed E-state index contributed by atoms with van der Waals surface area (Å²) in [6, 6.07) is 9.76. The topological polar surface area (TPSA) is 126 Å². The first-order valence-electron chi connectivity index (χ1n) is 10.7. The van der Waals surface area contributed by atoms with Crippen molar-refractivity contribution in [3.8, 4) is 34.5 Å². The molecule has 0 aliphatic carbocycles. The molecule has 2 N–H and O–H groups in total. The van der Waals surface area contributed by atoms with E-state index in [0.29, 0.717) is 28.5 Å². The van der Waals surface area contributed by atoms with Gasteiger partial charge < -0.3 is 38.5 Å². The fourth-order valence-corrected chi connectivity index (χ4v) is 4.05. The maximum absolute atomic E-state index is 13.2. The summed E-state index contributed by atoms with van der Waals surface area (Å²) in [6.07, 6.45) is -0.238. The van der Waals surface area contributed by atoms with Crippen LogP contribution >= 0.6 is 0 Å². The van der Waals surface area contributed by atoms with Gasteiger partial charge in [0.2, 0.25) is 24.2 Å². The highest BCUT2D eigenvalue weighted by Gasteiger charge is 2.34. The minimum Gasteiger partial charge on any atom is -0.507 e. The zero-order chi connectivity index (χ0) is 25.1. The largest absolute Gasteiger partial charge is 0.507 e. The van der Waals surface area contributed by atoms with Gasteiger partial charge in [-0.1, -0.05) is 6.07 Å². The summed E-state index contributed by atoms with van der Waals surface area (Å²) in [6.45, 7) is 1.49. The summed E-state index contributed by atoms with van der Waals surface area (Å²) in [5.74, 6) is 0.265. The molecule has 1 aliphatic rings. The first kappa shape index (κ1) is 23.8. The Hall–Kier alpha value is -4.34. The van der Waals surface area contributed by atoms with Gasteiger partial charge in [0.1, 0.15) is 17.3 Å². The van der Waals surface area contributed by atoms with Crippen LogP contribution in [-0.4, -0.2) is 39.1 Å². The number of benzene rings is 2. The predicted molar refractivity (Wildman–Crippen MR) is 125 cm³/mol. The molecule has 0 spiro atoms. The molecule has 10 nitrogen and oxygen atoms in total. The van der Waals surface area contributed by atoms with Crippen LogP contribution in [0.4, 0.5) is 5.69 Å². The van der Waals surface area contributed by atoms with Gasteiger partial charge in [-0.15, -0.1) is 0 Å². The molecule has 184 valence electrons. The van der Waals surface area contributed by atoms with Crippen molar-refractivity contribution in [3.63, 3.8) is 0 Å². The van der Waals surface area contributed by atoms with Gasteiger partial charge in [0.25, 0.3) is 0 Å². The van der Waals surface area contributed by atoms with Gasteiger partial charge in [0, 0.05) is 35.7 Å². The second-order valence-electron chi connectivity index (χ2n) is 7.75. The van der Waals surface area contributed by atoms with Crippen LogP contribution in [0.5, 0.6) is 34.5 Å². The van der Waals surface area contributed by atoms with E-state index in [1.165, 1.54) is 27.4 Å². The number of hydrogen-bond acceptors (Lipinski definition) is 9. The average Bonchev–Trinajstić information content (AvgIpc) is 3.31. The Morgan fingerprint density at radius 2 is 1.86 bits per heavy atom. The van der Waals surface area contributed by atoms with Crippen molar-refractivity contribution in [2.75, 3.05) is 33.4 Å². The molecule has 3 aromatic rings. The molecule has 35 heavy (non-hydrogen) atoms. The molecule has 0 saturated heterocycles. The first-order chi connectivity index (χ1) is 16.9. The third kappa shape index (κ3) is 4.68. The van der Waals surface area contributed by atoms with E-state index in [0.717, 1.165) is 0 Å². The van der Waals surface area contributed by atoms with Crippen molar-refractivity contribution >= 4 is 11.6 Å². The van der Waals surface area contributed by atoms with E-state index in [2.05, 4.69) is 5.32 Å². The maximum Gasteiger partial charge on any atom is 0.343 e. The molecule has 10 heteroatoms. The van der Waals surface area contributed by atoms with E-state index in [1.54, 1.807) is 37.3 Å². The molecule has 1 aliphatic heterocycles. The summed E-state index contributed by atoms with van der Waals surface area (Å²) in [7, 11) is 4.41. The Kier molecular flexibility index (Phi) is 6.72. The highest BCUT2D eigenvalue weighted by Crippen LogP contribution is 2.52. The number of carbonyl (C=O) groups is 1. The predicted octanol–water partition coefficient (Wildman–Crippen LogP) is 3.57. The molecule has 4 rings (SSSR count). The molecule has 0 fully saturated rings. The number of aryl methyl sites for hydroxylation is 1. The lowest BCUT2D eigenvalue weighted by molar-refractivity contribution is -0.116. The van der Waals surface area contributed by atoms with Crippen LogP contribution in [-0.2, 0) is 4.79 Å². The third-order valence-electron chi connectivity index (χ3n) is 5.57. The fraction of sp³-hybridized carbons (Fsp3) is 0.280. The molecule has 2 aromatic carbocycles. The van der Waals surface area contributed by atoms with E-state index < -0.39 is 17.5 Å². The summed E-state index contributed by atoms with van der Waals surface area (Å²) < 4.78 is 32.6. The Balaban J connectivity index is 1.82. The van der Waals surface area contributed by atoms with Gasteiger partial charge >= 0.3 is 5.63 Å². The van der Waals surface area contributed by atoms with E-state index in [1.807, 2.05) is 0 Å². The number of hydrogen-bond donors (Lipinski definition) is 2. The number of fused-ring (bicyclic) bond motifs is 1. The Bertz CT molecular complexity index is 1320. The molecule has 0 radical (unpaired) electrons. The van der Waals surface area contributed by atoms with Crippen molar-refractivity contribution < 1.29 is 38.0 Å². The van der Waals surface area contributed by atoms with Crippen LogP contribution in [0.3, 0.4) is 0 Å². The van der Waals surface area contributed by atoms with Crippen molar-refractivity contribution in [2.45, 2.75) is 19.3 Å². The normalized spacial score (nSPS) is 12.7.